The zero-order valence-electron chi connectivity index (χ0n) is 12.7. The molecule has 1 aliphatic rings. The van der Waals surface area contributed by atoms with Crippen LogP contribution < -0.4 is 5.32 Å². The van der Waals surface area contributed by atoms with Gasteiger partial charge in [-0.3, -0.25) is 0 Å². The van der Waals surface area contributed by atoms with Gasteiger partial charge >= 0.3 is 0 Å². The Morgan fingerprint density at radius 2 is 2.05 bits per heavy atom. The highest BCUT2D eigenvalue weighted by molar-refractivity contribution is 7.11. The van der Waals surface area contributed by atoms with Crippen molar-refractivity contribution in [1.82, 2.24) is 10.3 Å². The summed E-state index contributed by atoms with van der Waals surface area (Å²) in [6, 6.07) is 7.12. The van der Waals surface area contributed by atoms with Crippen LogP contribution in [0.5, 0.6) is 0 Å². The van der Waals surface area contributed by atoms with Crippen molar-refractivity contribution >= 4 is 11.3 Å². The van der Waals surface area contributed by atoms with E-state index < -0.39 is 0 Å². The molecule has 1 aromatic heterocycles. The summed E-state index contributed by atoms with van der Waals surface area (Å²) in [4.78, 5) is 6.23. The van der Waals surface area contributed by atoms with Gasteiger partial charge in [-0.15, -0.1) is 11.3 Å². The summed E-state index contributed by atoms with van der Waals surface area (Å²) in [6.07, 6.45) is 2.98. The average Bonchev–Trinajstić information content (AvgIpc) is 2.81. The van der Waals surface area contributed by atoms with E-state index in [1.165, 1.54) is 22.7 Å². The summed E-state index contributed by atoms with van der Waals surface area (Å²) < 4.78 is 13.0. The molecule has 0 bridgehead atoms. The number of hydrogen-bond donors (Lipinski definition) is 1. The molecule has 112 valence electrons. The Morgan fingerprint density at radius 3 is 2.71 bits per heavy atom. The van der Waals surface area contributed by atoms with Gasteiger partial charge in [0.05, 0.1) is 10.7 Å². The van der Waals surface area contributed by atoms with E-state index in [-0.39, 0.29) is 5.82 Å². The largest absolute Gasteiger partial charge is 0.312 e. The van der Waals surface area contributed by atoms with Crippen molar-refractivity contribution in [3.63, 3.8) is 0 Å². The molecular weight excluding hydrogens is 283 g/mol. The lowest BCUT2D eigenvalue weighted by Crippen LogP contribution is -2.30. The first-order valence-electron chi connectivity index (χ1n) is 7.37. The van der Waals surface area contributed by atoms with Crippen LogP contribution in [0.25, 0.3) is 0 Å². The van der Waals surface area contributed by atoms with Gasteiger partial charge in [0.2, 0.25) is 0 Å². The third kappa shape index (κ3) is 3.16. The Balaban J connectivity index is 1.86. The van der Waals surface area contributed by atoms with Crippen LogP contribution in [0.3, 0.4) is 0 Å². The molecule has 1 unspecified atom stereocenters. The Morgan fingerprint density at radius 1 is 1.33 bits per heavy atom. The maximum atomic E-state index is 13.0. The second-order valence-corrected chi connectivity index (χ2v) is 7.72. The fraction of sp³-hybridized carbons (Fsp3) is 0.471. The van der Waals surface area contributed by atoms with E-state index in [4.69, 9.17) is 4.98 Å². The zero-order valence-corrected chi connectivity index (χ0v) is 13.6. The Bertz CT molecular complexity index is 631. The standard InChI is InChI=1S/C17H21FN2S/c1-17(2)9-13(19-3)16-14(10-17)20-15(21-16)8-11-4-6-12(18)7-5-11/h4-7,13,19H,8-10H2,1-3H3. The average molecular weight is 304 g/mol. The Hall–Kier alpha value is -1.26. The lowest BCUT2D eigenvalue weighted by Gasteiger charge is -2.34. The molecule has 0 spiro atoms. The Labute approximate surface area is 129 Å². The van der Waals surface area contributed by atoms with Crippen LogP contribution in [0, 0.1) is 11.2 Å². The minimum atomic E-state index is -0.186. The van der Waals surface area contributed by atoms with Crippen LogP contribution in [0.2, 0.25) is 0 Å². The highest BCUT2D eigenvalue weighted by atomic mass is 32.1. The van der Waals surface area contributed by atoms with Gasteiger partial charge in [0, 0.05) is 17.3 Å². The molecule has 2 nitrogen and oxygen atoms in total. The van der Waals surface area contributed by atoms with Crippen molar-refractivity contribution in [3.8, 4) is 0 Å². The van der Waals surface area contributed by atoms with Crippen LogP contribution in [0.4, 0.5) is 4.39 Å². The summed E-state index contributed by atoms with van der Waals surface area (Å²) in [6.45, 7) is 4.61. The van der Waals surface area contributed by atoms with E-state index in [0.717, 1.165) is 29.8 Å². The van der Waals surface area contributed by atoms with Crippen molar-refractivity contribution in [2.75, 3.05) is 7.05 Å². The molecule has 0 saturated heterocycles. The third-order valence-corrected chi connectivity index (χ3v) is 5.32. The number of nitrogens with one attached hydrogen (secondary N) is 1. The molecule has 0 aliphatic heterocycles. The Kier molecular flexibility index (Phi) is 3.84. The third-order valence-electron chi connectivity index (χ3n) is 4.11. The van der Waals surface area contributed by atoms with Gasteiger partial charge in [-0.25, -0.2) is 9.37 Å². The maximum Gasteiger partial charge on any atom is 0.123 e. The van der Waals surface area contributed by atoms with Crippen molar-refractivity contribution < 1.29 is 4.39 Å². The number of halogens is 1. The zero-order chi connectivity index (χ0) is 15.0. The highest BCUT2D eigenvalue weighted by Crippen LogP contribution is 2.43. The van der Waals surface area contributed by atoms with Crippen LogP contribution in [0.1, 0.15) is 47.5 Å². The molecule has 1 atom stereocenters. The predicted octanol–water partition coefficient (Wildman–Crippen LogP) is 4.11. The number of thiazole rings is 1. The maximum absolute atomic E-state index is 13.0. The monoisotopic (exact) mass is 304 g/mol. The van der Waals surface area contributed by atoms with Gasteiger partial charge in [-0.05, 0) is 43.0 Å². The van der Waals surface area contributed by atoms with Crippen LogP contribution in [0.15, 0.2) is 24.3 Å². The molecule has 21 heavy (non-hydrogen) atoms. The van der Waals surface area contributed by atoms with Gasteiger partial charge in [-0.1, -0.05) is 26.0 Å². The van der Waals surface area contributed by atoms with Crippen molar-refractivity contribution in [3.05, 3.63) is 51.2 Å². The fourth-order valence-electron chi connectivity index (χ4n) is 3.07. The molecule has 3 rings (SSSR count). The van der Waals surface area contributed by atoms with E-state index in [1.54, 1.807) is 11.3 Å². The number of hydrogen-bond acceptors (Lipinski definition) is 3. The lowest BCUT2D eigenvalue weighted by molar-refractivity contribution is 0.265. The molecule has 1 aromatic carbocycles. The van der Waals surface area contributed by atoms with Gasteiger partial charge in [0.25, 0.3) is 0 Å². The quantitative estimate of drug-likeness (QED) is 0.923. The first-order chi connectivity index (χ1) is 9.97. The second-order valence-electron chi connectivity index (χ2n) is 6.61. The lowest BCUT2D eigenvalue weighted by atomic mass is 9.76. The van der Waals surface area contributed by atoms with Crippen molar-refractivity contribution in [2.24, 2.45) is 5.41 Å². The molecule has 0 saturated carbocycles. The molecule has 4 heteroatoms. The minimum absolute atomic E-state index is 0.186. The SMILES string of the molecule is CNC1CC(C)(C)Cc2nc(Cc3ccc(F)cc3)sc21. The predicted molar refractivity (Wildman–Crippen MR) is 85.2 cm³/mol. The van der Waals surface area contributed by atoms with E-state index in [1.807, 2.05) is 19.2 Å². The number of aromatic nitrogens is 1. The van der Waals surface area contributed by atoms with E-state index in [9.17, 15) is 4.39 Å². The van der Waals surface area contributed by atoms with Gasteiger partial charge in [-0.2, -0.15) is 0 Å². The van der Waals surface area contributed by atoms with Crippen LogP contribution >= 0.6 is 11.3 Å². The van der Waals surface area contributed by atoms with Crippen molar-refractivity contribution in [1.29, 1.82) is 0 Å². The summed E-state index contributed by atoms with van der Waals surface area (Å²) in [5, 5.41) is 4.55. The first kappa shape index (κ1) is 14.7. The normalized spacial score (nSPS) is 20.3. The minimum Gasteiger partial charge on any atom is -0.312 e. The molecule has 1 aliphatic carbocycles. The summed E-state index contributed by atoms with van der Waals surface area (Å²) >= 11 is 1.80. The first-order valence-corrected chi connectivity index (χ1v) is 8.19. The summed E-state index contributed by atoms with van der Waals surface area (Å²) in [7, 11) is 2.02. The molecule has 0 radical (unpaired) electrons. The number of nitrogens with zero attached hydrogens (tertiary/aromatic N) is 1. The fourth-order valence-corrected chi connectivity index (χ4v) is 4.30. The number of fused-ring (bicyclic) bond motifs is 1. The summed E-state index contributed by atoms with van der Waals surface area (Å²) in [5.74, 6) is -0.186. The highest BCUT2D eigenvalue weighted by Gasteiger charge is 2.34. The van der Waals surface area contributed by atoms with Gasteiger partial charge in [0.1, 0.15) is 5.82 Å². The molecule has 2 aromatic rings. The molecule has 1 N–H and O–H groups in total. The van der Waals surface area contributed by atoms with Crippen LogP contribution in [-0.2, 0) is 12.8 Å². The van der Waals surface area contributed by atoms with E-state index in [2.05, 4.69) is 19.2 Å². The van der Waals surface area contributed by atoms with Gasteiger partial charge in [0.15, 0.2) is 0 Å². The topological polar surface area (TPSA) is 24.9 Å². The second kappa shape index (κ2) is 5.50. The molecular formula is C17H21FN2S. The van der Waals surface area contributed by atoms with Gasteiger partial charge < -0.3 is 5.32 Å². The van der Waals surface area contributed by atoms with Crippen LogP contribution in [-0.4, -0.2) is 12.0 Å². The molecule has 0 fully saturated rings. The van der Waals surface area contributed by atoms with Crippen molar-refractivity contribution in [2.45, 2.75) is 39.2 Å². The summed E-state index contributed by atoms with van der Waals surface area (Å²) in [5.41, 5.74) is 2.65. The van der Waals surface area contributed by atoms with E-state index in [0.29, 0.717) is 11.5 Å². The number of rotatable bonds is 3. The molecule has 1 heterocycles. The molecule has 0 amide bonds. The number of benzene rings is 1. The van der Waals surface area contributed by atoms with E-state index >= 15 is 0 Å². The smallest absolute Gasteiger partial charge is 0.123 e.